The minimum absolute atomic E-state index is 0. The minimum Gasteiger partial charge on any atom is -0.489 e. The summed E-state index contributed by atoms with van der Waals surface area (Å²) in [5.41, 5.74) is 0. The van der Waals surface area contributed by atoms with E-state index in [1.165, 1.54) is 24.3 Å². The molecule has 0 bridgehead atoms. The highest BCUT2D eigenvalue weighted by atomic mass is 127. The smallest absolute Gasteiger partial charge is 0.191 e. The van der Waals surface area contributed by atoms with Gasteiger partial charge in [-0.25, -0.2) is 0 Å². The fourth-order valence-corrected chi connectivity index (χ4v) is 4.83. The predicted octanol–water partition coefficient (Wildman–Crippen LogP) is 4.38. The number of nitrogens with zero attached hydrogens (tertiary/aromatic N) is 2. The van der Waals surface area contributed by atoms with Crippen LogP contribution in [0.4, 0.5) is 0 Å². The van der Waals surface area contributed by atoms with Crippen LogP contribution in [-0.4, -0.2) is 50.7 Å². The molecule has 7 heteroatoms. The number of para-hydroxylation sites is 1. The van der Waals surface area contributed by atoms with Crippen LogP contribution < -0.4 is 15.4 Å². The van der Waals surface area contributed by atoms with Gasteiger partial charge in [-0.1, -0.05) is 24.3 Å². The number of hydrogen-bond donors (Lipinski definition) is 2. The molecule has 3 rings (SSSR count). The van der Waals surface area contributed by atoms with Crippen molar-refractivity contribution in [1.82, 2.24) is 15.5 Å². The molecule has 1 saturated heterocycles. The fourth-order valence-electron chi connectivity index (χ4n) is 3.84. The number of benzene rings is 1. The van der Waals surface area contributed by atoms with E-state index in [1.807, 2.05) is 48.7 Å². The van der Waals surface area contributed by atoms with Gasteiger partial charge < -0.3 is 15.4 Å². The Morgan fingerprint density at radius 2 is 2.03 bits per heavy atom. The SMILES string of the molecule is CN=C(NCC(C)Oc1ccccc1)NCC1CCCN(C)C1c1cccs1.I. The number of nitrogens with one attached hydrogen (secondary N) is 2. The van der Waals surface area contributed by atoms with Gasteiger partial charge in [-0.2, -0.15) is 0 Å². The van der Waals surface area contributed by atoms with Crippen LogP contribution in [0.15, 0.2) is 52.8 Å². The van der Waals surface area contributed by atoms with Crippen LogP contribution in [0.5, 0.6) is 5.75 Å². The first-order valence-corrected chi connectivity index (χ1v) is 10.9. The summed E-state index contributed by atoms with van der Waals surface area (Å²) in [7, 11) is 4.06. The Labute approximate surface area is 196 Å². The average Bonchev–Trinajstić information content (AvgIpc) is 3.23. The number of halogens is 1. The summed E-state index contributed by atoms with van der Waals surface area (Å²) in [4.78, 5) is 8.34. The van der Waals surface area contributed by atoms with Gasteiger partial charge >= 0.3 is 0 Å². The van der Waals surface area contributed by atoms with Crippen molar-refractivity contribution in [1.29, 1.82) is 0 Å². The molecule has 160 valence electrons. The van der Waals surface area contributed by atoms with Crippen LogP contribution in [0.3, 0.4) is 0 Å². The van der Waals surface area contributed by atoms with Crippen molar-refractivity contribution < 1.29 is 4.74 Å². The van der Waals surface area contributed by atoms with E-state index in [4.69, 9.17) is 4.74 Å². The third kappa shape index (κ3) is 7.15. The zero-order valence-electron chi connectivity index (χ0n) is 17.5. The molecule has 0 aliphatic carbocycles. The molecule has 1 aromatic carbocycles. The summed E-state index contributed by atoms with van der Waals surface area (Å²) >= 11 is 1.86. The second kappa shape index (κ2) is 12.4. The van der Waals surface area contributed by atoms with Gasteiger partial charge in [0.05, 0.1) is 6.54 Å². The second-order valence-electron chi connectivity index (χ2n) is 7.42. The van der Waals surface area contributed by atoms with Gasteiger partial charge in [0.2, 0.25) is 0 Å². The Kier molecular flexibility index (Phi) is 10.2. The molecule has 2 heterocycles. The van der Waals surface area contributed by atoms with Crippen molar-refractivity contribution in [3.63, 3.8) is 0 Å². The highest BCUT2D eigenvalue weighted by molar-refractivity contribution is 14.0. The summed E-state index contributed by atoms with van der Waals surface area (Å²) in [5, 5.41) is 9.10. The van der Waals surface area contributed by atoms with Gasteiger partial charge in [0.25, 0.3) is 0 Å². The number of guanidine groups is 1. The maximum Gasteiger partial charge on any atom is 0.191 e. The first-order valence-electron chi connectivity index (χ1n) is 10.1. The Morgan fingerprint density at radius 3 is 2.72 bits per heavy atom. The van der Waals surface area contributed by atoms with Crippen LogP contribution in [0.2, 0.25) is 0 Å². The van der Waals surface area contributed by atoms with Crippen LogP contribution in [0, 0.1) is 5.92 Å². The minimum atomic E-state index is 0. The van der Waals surface area contributed by atoms with Crippen molar-refractivity contribution in [3.05, 3.63) is 52.7 Å². The van der Waals surface area contributed by atoms with Gasteiger partial charge in [0.1, 0.15) is 11.9 Å². The zero-order valence-corrected chi connectivity index (χ0v) is 20.7. The third-order valence-electron chi connectivity index (χ3n) is 5.23. The van der Waals surface area contributed by atoms with Crippen LogP contribution in [0.25, 0.3) is 0 Å². The topological polar surface area (TPSA) is 48.9 Å². The number of rotatable bonds is 7. The maximum atomic E-state index is 5.93. The molecule has 3 unspecified atom stereocenters. The number of hydrogen-bond acceptors (Lipinski definition) is 4. The van der Waals surface area contributed by atoms with E-state index in [0.29, 0.717) is 18.5 Å². The Morgan fingerprint density at radius 1 is 1.24 bits per heavy atom. The van der Waals surface area contributed by atoms with E-state index in [0.717, 1.165) is 18.3 Å². The van der Waals surface area contributed by atoms with Crippen molar-refractivity contribution >= 4 is 41.3 Å². The highest BCUT2D eigenvalue weighted by Gasteiger charge is 2.31. The lowest BCUT2D eigenvalue weighted by atomic mass is 9.88. The monoisotopic (exact) mass is 528 g/mol. The number of aliphatic imine (C=N–C) groups is 1. The number of ether oxygens (including phenoxy) is 1. The van der Waals surface area contributed by atoms with Gasteiger partial charge in [0, 0.05) is 24.5 Å². The lowest BCUT2D eigenvalue weighted by Crippen LogP contribution is -2.46. The summed E-state index contributed by atoms with van der Waals surface area (Å²) in [6.45, 7) is 4.85. The molecule has 1 fully saturated rings. The Bertz CT molecular complexity index is 726. The highest BCUT2D eigenvalue weighted by Crippen LogP contribution is 2.36. The van der Waals surface area contributed by atoms with E-state index < -0.39 is 0 Å². The van der Waals surface area contributed by atoms with Gasteiger partial charge in [-0.3, -0.25) is 9.89 Å². The van der Waals surface area contributed by atoms with E-state index in [9.17, 15) is 0 Å². The molecule has 0 radical (unpaired) electrons. The van der Waals surface area contributed by atoms with Gasteiger partial charge in [0.15, 0.2) is 5.96 Å². The summed E-state index contributed by atoms with van der Waals surface area (Å²) in [5.74, 6) is 2.30. The quantitative estimate of drug-likeness (QED) is 0.318. The summed E-state index contributed by atoms with van der Waals surface area (Å²) in [6.07, 6.45) is 2.55. The lowest BCUT2D eigenvalue weighted by Gasteiger charge is -2.39. The molecule has 0 spiro atoms. The van der Waals surface area contributed by atoms with Crippen LogP contribution in [0.1, 0.15) is 30.7 Å². The summed E-state index contributed by atoms with van der Waals surface area (Å²) in [6, 6.07) is 14.8. The van der Waals surface area contributed by atoms with Gasteiger partial charge in [-0.05, 0) is 62.9 Å². The average molecular weight is 529 g/mol. The van der Waals surface area contributed by atoms with E-state index >= 15 is 0 Å². The maximum absolute atomic E-state index is 5.93. The third-order valence-corrected chi connectivity index (χ3v) is 6.18. The van der Waals surface area contributed by atoms with Gasteiger partial charge in [-0.15, -0.1) is 35.3 Å². The molecule has 1 aliphatic heterocycles. The molecule has 2 aromatic rings. The Hall–Kier alpha value is -1.32. The molecule has 1 aromatic heterocycles. The molecule has 29 heavy (non-hydrogen) atoms. The van der Waals surface area contributed by atoms with E-state index in [-0.39, 0.29) is 30.1 Å². The van der Waals surface area contributed by atoms with Crippen LogP contribution in [-0.2, 0) is 0 Å². The second-order valence-corrected chi connectivity index (χ2v) is 8.40. The van der Waals surface area contributed by atoms with E-state index in [1.54, 1.807) is 0 Å². The summed E-state index contributed by atoms with van der Waals surface area (Å²) < 4.78 is 5.93. The molecule has 2 N–H and O–H groups in total. The molecule has 0 saturated carbocycles. The molecule has 3 atom stereocenters. The largest absolute Gasteiger partial charge is 0.489 e. The number of thiophene rings is 1. The Balaban J connectivity index is 0.00000300. The van der Waals surface area contributed by atoms with Crippen molar-refractivity contribution in [2.45, 2.75) is 31.9 Å². The van der Waals surface area contributed by atoms with Crippen molar-refractivity contribution in [2.75, 3.05) is 33.7 Å². The van der Waals surface area contributed by atoms with Crippen molar-refractivity contribution in [3.8, 4) is 5.75 Å². The first-order chi connectivity index (χ1) is 13.7. The number of likely N-dealkylation sites (tertiary alicyclic amines) is 1. The predicted molar refractivity (Wildman–Crippen MR) is 134 cm³/mol. The lowest BCUT2D eigenvalue weighted by molar-refractivity contribution is 0.125. The fraction of sp³-hybridized carbons (Fsp3) is 0.500. The zero-order chi connectivity index (χ0) is 19.8. The molecular formula is C22H33IN4OS. The molecule has 0 amide bonds. The molecular weight excluding hydrogens is 495 g/mol. The molecule has 5 nitrogen and oxygen atoms in total. The molecule has 1 aliphatic rings. The van der Waals surface area contributed by atoms with Crippen LogP contribution >= 0.6 is 35.3 Å². The normalized spacial score (nSPS) is 21.1. The standard InChI is InChI=1S/C22H32N4OS.HI/c1-17(27-19-10-5-4-6-11-19)15-24-22(23-2)25-16-18-9-7-13-26(3)21(18)20-12-8-14-28-20;/h4-6,8,10-12,14,17-18,21H,7,9,13,15-16H2,1-3H3,(H2,23,24,25);1H. The van der Waals surface area contributed by atoms with E-state index in [2.05, 4.69) is 52.0 Å². The van der Waals surface area contributed by atoms with Crippen molar-refractivity contribution in [2.24, 2.45) is 10.9 Å². The number of piperidine rings is 1. The first kappa shape index (κ1) is 24.0.